The Morgan fingerprint density at radius 2 is 2.25 bits per heavy atom. The number of carbonyl (C=O) groups is 1. The predicted molar refractivity (Wildman–Crippen MR) is 46.8 cm³/mol. The molecule has 0 saturated carbocycles. The van der Waals surface area contributed by atoms with Gasteiger partial charge < -0.3 is 9.47 Å². The van der Waals surface area contributed by atoms with Gasteiger partial charge in [-0.05, 0) is 6.42 Å². The van der Waals surface area contributed by atoms with Crippen LogP contribution in [0.3, 0.4) is 0 Å². The average Bonchev–Trinajstić information content (AvgIpc) is 2.10. The van der Waals surface area contributed by atoms with Crippen LogP contribution in [0.1, 0.15) is 6.42 Å². The van der Waals surface area contributed by atoms with Gasteiger partial charge in [-0.3, -0.25) is 0 Å². The van der Waals surface area contributed by atoms with Crippen LogP contribution in [0.25, 0.3) is 0 Å². The van der Waals surface area contributed by atoms with Crippen molar-refractivity contribution in [3.05, 3.63) is 24.8 Å². The standard InChI is InChI=1S/C9H14O3/c1-4-5-6-12-7-8(2)9(10)11-3/h4H,1-2,5-7H2,3H3. The molecule has 0 unspecified atom stereocenters. The monoisotopic (exact) mass is 170 g/mol. The number of methoxy groups -OCH3 is 1. The van der Waals surface area contributed by atoms with E-state index in [1.165, 1.54) is 7.11 Å². The number of rotatable bonds is 6. The quantitative estimate of drug-likeness (QED) is 0.261. The Morgan fingerprint density at radius 1 is 1.58 bits per heavy atom. The highest BCUT2D eigenvalue weighted by Gasteiger charge is 2.05. The SMILES string of the molecule is C=CCCOCC(=C)C(=O)OC. The van der Waals surface area contributed by atoms with Gasteiger partial charge in [-0.15, -0.1) is 6.58 Å². The molecular formula is C9H14O3. The first kappa shape index (κ1) is 10.9. The molecule has 0 amide bonds. The lowest BCUT2D eigenvalue weighted by atomic mass is 10.3. The molecule has 0 saturated heterocycles. The summed E-state index contributed by atoms with van der Waals surface area (Å²) in [6, 6.07) is 0. The number of carbonyl (C=O) groups excluding carboxylic acids is 1. The maximum absolute atomic E-state index is 10.8. The van der Waals surface area contributed by atoms with Crippen molar-refractivity contribution < 1.29 is 14.3 Å². The highest BCUT2D eigenvalue weighted by Crippen LogP contribution is 1.95. The highest BCUT2D eigenvalue weighted by atomic mass is 16.5. The fraction of sp³-hybridized carbons (Fsp3) is 0.444. The summed E-state index contributed by atoms with van der Waals surface area (Å²) in [5.74, 6) is -0.423. The van der Waals surface area contributed by atoms with Gasteiger partial charge in [0.1, 0.15) is 0 Å². The van der Waals surface area contributed by atoms with Crippen molar-refractivity contribution in [1.82, 2.24) is 0 Å². The van der Waals surface area contributed by atoms with Gasteiger partial charge in [-0.2, -0.15) is 0 Å². The van der Waals surface area contributed by atoms with Crippen LogP contribution in [0.4, 0.5) is 0 Å². The maximum Gasteiger partial charge on any atom is 0.335 e. The van der Waals surface area contributed by atoms with E-state index in [4.69, 9.17) is 4.74 Å². The zero-order chi connectivity index (χ0) is 9.40. The lowest BCUT2D eigenvalue weighted by Crippen LogP contribution is -2.09. The Labute approximate surface area is 72.7 Å². The average molecular weight is 170 g/mol. The third-order valence-electron chi connectivity index (χ3n) is 1.22. The Kier molecular flexibility index (Phi) is 6.01. The van der Waals surface area contributed by atoms with E-state index in [9.17, 15) is 4.79 Å². The van der Waals surface area contributed by atoms with Gasteiger partial charge in [0, 0.05) is 0 Å². The van der Waals surface area contributed by atoms with Crippen molar-refractivity contribution in [2.75, 3.05) is 20.3 Å². The molecule has 0 fully saturated rings. The van der Waals surface area contributed by atoms with Gasteiger partial charge in [0.15, 0.2) is 0 Å². The fourth-order valence-corrected chi connectivity index (χ4v) is 0.565. The van der Waals surface area contributed by atoms with E-state index in [-0.39, 0.29) is 6.61 Å². The van der Waals surface area contributed by atoms with Gasteiger partial charge in [-0.1, -0.05) is 12.7 Å². The van der Waals surface area contributed by atoms with Gasteiger partial charge in [0.2, 0.25) is 0 Å². The van der Waals surface area contributed by atoms with Crippen LogP contribution in [0.15, 0.2) is 24.8 Å². The zero-order valence-corrected chi connectivity index (χ0v) is 7.34. The Balaban J connectivity index is 3.44. The fourth-order valence-electron chi connectivity index (χ4n) is 0.565. The van der Waals surface area contributed by atoms with E-state index < -0.39 is 5.97 Å². The smallest absolute Gasteiger partial charge is 0.335 e. The molecule has 0 aliphatic carbocycles. The third kappa shape index (κ3) is 4.68. The number of esters is 1. The van der Waals surface area contributed by atoms with Crippen molar-refractivity contribution >= 4 is 5.97 Å². The summed E-state index contributed by atoms with van der Waals surface area (Å²) in [6.07, 6.45) is 2.52. The second kappa shape index (κ2) is 6.61. The second-order valence-corrected chi connectivity index (χ2v) is 2.23. The first-order chi connectivity index (χ1) is 5.72. The molecule has 68 valence electrons. The minimum Gasteiger partial charge on any atom is -0.466 e. The number of hydrogen-bond acceptors (Lipinski definition) is 3. The van der Waals surface area contributed by atoms with Crippen LogP contribution in [0.2, 0.25) is 0 Å². The van der Waals surface area contributed by atoms with E-state index in [0.717, 1.165) is 6.42 Å². The van der Waals surface area contributed by atoms with E-state index >= 15 is 0 Å². The van der Waals surface area contributed by atoms with Crippen LogP contribution in [-0.4, -0.2) is 26.3 Å². The summed E-state index contributed by atoms with van der Waals surface area (Å²) >= 11 is 0. The van der Waals surface area contributed by atoms with Crippen molar-refractivity contribution in [3.63, 3.8) is 0 Å². The summed E-state index contributed by atoms with van der Waals surface area (Å²) in [5.41, 5.74) is 0.335. The number of ether oxygens (including phenoxy) is 2. The van der Waals surface area contributed by atoms with E-state index in [0.29, 0.717) is 12.2 Å². The summed E-state index contributed by atoms with van der Waals surface area (Å²) in [6.45, 7) is 7.81. The van der Waals surface area contributed by atoms with Gasteiger partial charge in [-0.25, -0.2) is 4.79 Å². The normalized spacial score (nSPS) is 9.08. The lowest BCUT2D eigenvalue weighted by molar-refractivity contribution is -0.136. The number of hydrogen-bond donors (Lipinski definition) is 0. The van der Waals surface area contributed by atoms with Gasteiger partial charge >= 0.3 is 5.97 Å². The van der Waals surface area contributed by atoms with Gasteiger partial charge in [0.05, 0.1) is 25.9 Å². The highest BCUT2D eigenvalue weighted by molar-refractivity contribution is 5.87. The third-order valence-corrected chi connectivity index (χ3v) is 1.22. The minimum absolute atomic E-state index is 0.223. The first-order valence-electron chi connectivity index (χ1n) is 3.67. The van der Waals surface area contributed by atoms with Crippen LogP contribution in [0, 0.1) is 0 Å². The summed E-state index contributed by atoms with van der Waals surface area (Å²) in [7, 11) is 1.32. The molecule has 3 nitrogen and oxygen atoms in total. The van der Waals surface area contributed by atoms with Crippen LogP contribution in [-0.2, 0) is 14.3 Å². The Bertz CT molecular complexity index is 173. The molecule has 0 aliphatic heterocycles. The molecule has 0 aromatic carbocycles. The van der Waals surface area contributed by atoms with E-state index in [1.54, 1.807) is 6.08 Å². The molecule has 0 aromatic rings. The molecule has 0 heterocycles. The topological polar surface area (TPSA) is 35.5 Å². The first-order valence-corrected chi connectivity index (χ1v) is 3.67. The molecule has 0 radical (unpaired) electrons. The minimum atomic E-state index is -0.423. The second-order valence-electron chi connectivity index (χ2n) is 2.23. The molecule has 0 rings (SSSR count). The summed E-state index contributed by atoms with van der Waals surface area (Å²) < 4.78 is 9.52. The lowest BCUT2D eigenvalue weighted by Gasteiger charge is -2.03. The maximum atomic E-state index is 10.8. The van der Waals surface area contributed by atoms with Crippen molar-refractivity contribution in [2.24, 2.45) is 0 Å². The zero-order valence-electron chi connectivity index (χ0n) is 7.34. The molecule has 0 spiro atoms. The van der Waals surface area contributed by atoms with Crippen LogP contribution < -0.4 is 0 Å². The molecule has 3 heteroatoms. The van der Waals surface area contributed by atoms with Crippen molar-refractivity contribution in [2.45, 2.75) is 6.42 Å². The van der Waals surface area contributed by atoms with Crippen LogP contribution in [0.5, 0.6) is 0 Å². The molecule has 0 bridgehead atoms. The largest absolute Gasteiger partial charge is 0.466 e. The summed E-state index contributed by atoms with van der Waals surface area (Å²) in [5, 5.41) is 0. The summed E-state index contributed by atoms with van der Waals surface area (Å²) in [4.78, 5) is 10.8. The molecule has 0 aliphatic rings. The van der Waals surface area contributed by atoms with Crippen LogP contribution >= 0.6 is 0 Å². The van der Waals surface area contributed by atoms with E-state index in [1.807, 2.05) is 0 Å². The van der Waals surface area contributed by atoms with Gasteiger partial charge in [0.25, 0.3) is 0 Å². The Hall–Kier alpha value is -1.09. The van der Waals surface area contributed by atoms with E-state index in [2.05, 4.69) is 17.9 Å². The van der Waals surface area contributed by atoms with Crippen molar-refractivity contribution in [3.8, 4) is 0 Å². The molecule has 0 aromatic heterocycles. The molecule has 0 atom stereocenters. The Morgan fingerprint density at radius 3 is 2.75 bits per heavy atom. The molecule has 0 N–H and O–H groups in total. The molecular weight excluding hydrogens is 156 g/mol. The predicted octanol–water partition coefficient (Wildman–Crippen LogP) is 1.31. The van der Waals surface area contributed by atoms with Crippen molar-refractivity contribution in [1.29, 1.82) is 0 Å². The molecule has 12 heavy (non-hydrogen) atoms.